The van der Waals surface area contributed by atoms with E-state index in [2.05, 4.69) is 25.7 Å². The Morgan fingerprint density at radius 2 is 1.88 bits per heavy atom. The van der Waals surface area contributed by atoms with Gasteiger partial charge in [0.1, 0.15) is 0 Å². The van der Waals surface area contributed by atoms with Gasteiger partial charge >= 0.3 is 0 Å². The topological polar surface area (TPSA) is 72.7 Å². The van der Waals surface area contributed by atoms with Gasteiger partial charge in [-0.2, -0.15) is 0 Å². The van der Waals surface area contributed by atoms with Crippen LogP contribution in [-0.4, -0.2) is 47.2 Å². The Hall–Kier alpha value is -0.420. The second-order valence-electron chi connectivity index (χ2n) is 9.35. The van der Waals surface area contributed by atoms with Crippen molar-refractivity contribution in [3.8, 4) is 0 Å². The van der Waals surface area contributed by atoms with Crippen LogP contribution in [0.5, 0.6) is 0 Å². The first kappa shape index (κ1) is 19.3. The molecule has 3 aliphatic carbocycles. The molecule has 144 valence electrons. The first-order valence-electron chi connectivity index (χ1n) is 10.2. The van der Waals surface area contributed by atoms with Gasteiger partial charge in [0.2, 0.25) is 0 Å². The summed E-state index contributed by atoms with van der Waals surface area (Å²) in [5.74, 6) is 1.57. The van der Waals surface area contributed by atoms with Gasteiger partial charge in [0.05, 0.1) is 18.8 Å². The second-order valence-corrected chi connectivity index (χ2v) is 9.35. The summed E-state index contributed by atoms with van der Waals surface area (Å²) >= 11 is 0. The van der Waals surface area contributed by atoms with Crippen LogP contribution in [0.25, 0.3) is 0 Å². The number of fused-ring (bicyclic) bond motifs is 1. The molecule has 2 unspecified atom stereocenters. The monoisotopic (exact) mass is 351 g/mol. The van der Waals surface area contributed by atoms with Crippen LogP contribution in [0.1, 0.15) is 58.8 Å². The summed E-state index contributed by atoms with van der Waals surface area (Å²) in [5, 5.41) is 33.4. The minimum absolute atomic E-state index is 0.115. The van der Waals surface area contributed by atoms with Crippen LogP contribution in [-0.2, 0) is 0 Å². The molecule has 7 atom stereocenters. The Labute approximate surface area is 152 Å². The van der Waals surface area contributed by atoms with E-state index in [4.69, 9.17) is 5.11 Å². The maximum absolute atomic E-state index is 10.9. The lowest BCUT2D eigenvalue weighted by molar-refractivity contribution is -0.118. The summed E-state index contributed by atoms with van der Waals surface area (Å²) in [6.07, 6.45) is 6.07. The van der Waals surface area contributed by atoms with Crippen molar-refractivity contribution in [3.05, 3.63) is 12.2 Å². The van der Waals surface area contributed by atoms with Gasteiger partial charge in [0, 0.05) is 6.54 Å². The molecule has 4 nitrogen and oxygen atoms in total. The van der Waals surface area contributed by atoms with Crippen LogP contribution < -0.4 is 5.32 Å². The van der Waals surface area contributed by atoms with Gasteiger partial charge in [-0.05, 0) is 80.1 Å². The van der Waals surface area contributed by atoms with Crippen LogP contribution in [0.3, 0.4) is 0 Å². The van der Waals surface area contributed by atoms with E-state index < -0.39 is 6.10 Å². The highest BCUT2D eigenvalue weighted by Gasteiger charge is 2.56. The molecule has 0 bridgehead atoms. The highest BCUT2D eigenvalue weighted by atomic mass is 16.3. The van der Waals surface area contributed by atoms with Crippen molar-refractivity contribution < 1.29 is 15.3 Å². The fourth-order valence-electron chi connectivity index (χ4n) is 6.37. The third-order valence-electron chi connectivity index (χ3n) is 8.18. The molecule has 0 heterocycles. The van der Waals surface area contributed by atoms with E-state index in [-0.39, 0.29) is 23.5 Å². The van der Waals surface area contributed by atoms with Gasteiger partial charge < -0.3 is 20.6 Å². The highest BCUT2D eigenvalue weighted by molar-refractivity contribution is 5.21. The lowest BCUT2D eigenvalue weighted by Crippen LogP contribution is -2.54. The van der Waals surface area contributed by atoms with Gasteiger partial charge in [0.15, 0.2) is 0 Å². The SMILES string of the molecule is C=C1CCC2[C@@H](CNCCO)C([C@@]3(C)CC[C@H](O)C[C@@H]3O)CC[C@@]12C. The standard InChI is InChI=1S/C21H37NO3/c1-14-4-5-17-16(13-22-10-11-23)18(7-9-20(14,17)2)21(3)8-6-15(24)12-19(21)25/h15-19,22-25H,1,4-13H2,2-3H3/t15-,16+,17?,18?,19-,20-,21+/m0/s1. The summed E-state index contributed by atoms with van der Waals surface area (Å²) in [5.41, 5.74) is 1.53. The molecule has 0 aromatic carbocycles. The molecular formula is C21H37NO3. The van der Waals surface area contributed by atoms with Crippen molar-refractivity contribution in [3.63, 3.8) is 0 Å². The molecule has 0 amide bonds. The first-order valence-corrected chi connectivity index (χ1v) is 10.2. The maximum Gasteiger partial charge on any atom is 0.0621 e. The predicted molar refractivity (Wildman–Crippen MR) is 100 cm³/mol. The summed E-state index contributed by atoms with van der Waals surface area (Å²) in [6.45, 7) is 10.7. The molecule has 25 heavy (non-hydrogen) atoms. The Morgan fingerprint density at radius 3 is 2.56 bits per heavy atom. The van der Waals surface area contributed by atoms with Crippen molar-refractivity contribution in [2.45, 2.75) is 71.0 Å². The zero-order valence-corrected chi connectivity index (χ0v) is 16.0. The molecule has 0 spiro atoms. The average Bonchev–Trinajstić information content (AvgIpc) is 2.87. The summed E-state index contributed by atoms with van der Waals surface area (Å²) < 4.78 is 0. The largest absolute Gasteiger partial charge is 0.395 e. The van der Waals surface area contributed by atoms with Gasteiger partial charge in [0.25, 0.3) is 0 Å². The van der Waals surface area contributed by atoms with E-state index in [1.165, 1.54) is 18.4 Å². The van der Waals surface area contributed by atoms with Gasteiger partial charge in [-0.15, -0.1) is 0 Å². The molecule has 3 saturated carbocycles. The van der Waals surface area contributed by atoms with Crippen LogP contribution in [0, 0.1) is 28.6 Å². The quantitative estimate of drug-likeness (QED) is 0.454. The fourth-order valence-corrected chi connectivity index (χ4v) is 6.37. The van der Waals surface area contributed by atoms with Gasteiger partial charge in [-0.1, -0.05) is 26.0 Å². The Balaban J connectivity index is 1.85. The van der Waals surface area contributed by atoms with Crippen LogP contribution >= 0.6 is 0 Å². The number of hydrogen-bond donors (Lipinski definition) is 4. The van der Waals surface area contributed by atoms with Crippen molar-refractivity contribution in [1.82, 2.24) is 5.32 Å². The summed E-state index contributed by atoms with van der Waals surface area (Å²) in [4.78, 5) is 0. The van der Waals surface area contributed by atoms with Gasteiger partial charge in [-0.3, -0.25) is 0 Å². The zero-order valence-electron chi connectivity index (χ0n) is 16.0. The molecule has 3 aliphatic rings. The number of hydrogen-bond acceptors (Lipinski definition) is 4. The second kappa shape index (κ2) is 7.30. The lowest BCUT2D eigenvalue weighted by atomic mass is 9.51. The van der Waals surface area contributed by atoms with E-state index >= 15 is 0 Å². The molecule has 0 saturated heterocycles. The van der Waals surface area contributed by atoms with E-state index in [0.29, 0.717) is 30.7 Å². The molecule has 0 radical (unpaired) electrons. The van der Waals surface area contributed by atoms with Crippen molar-refractivity contribution in [2.75, 3.05) is 19.7 Å². The third kappa shape index (κ3) is 3.31. The molecule has 0 aromatic rings. The molecule has 3 rings (SSSR count). The zero-order chi connectivity index (χ0) is 18.2. The van der Waals surface area contributed by atoms with Crippen LogP contribution in [0.2, 0.25) is 0 Å². The smallest absolute Gasteiger partial charge is 0.0621 e. The average molecular weight is 352 g/mol. The Kier molecular flexibility index (Phi) is 5.65. The molecule has 0 aromatic heterocycles. The van der Waals surface area contributed by atoms with Crippen molar-refractivity contribution >= 4 is 0 Å². The van der Waals surface area contributed by atoms with E-state index in [0.717, 1.165) is 32.2 Å². The highest BCUT2D eigenvalue weighted by Crippen LogP contribution is 2.62. The summed E-state index contributed by atoms with van der Waals surface area (Å²) in [7, 11) is 0. The van der Waals surface area contributed by atoms with Crippen molar-refractivity contribution in [2.24, 2.45) is 28.6 Å². The number of aliphatic hydroxyl groups excluding tert-OH is 3. The fraction of sp³-hybridized carbons (Fsp3) is 0.905. The first-order chi connectivity index (χ1) is 11.8. The summed E-state index contributed by atoms with van der Waals surface area (Å²) in [6, 6.07) is 0. The van der Waals surface area contributed by atoms with E-state index in [9.17, 15) is 10.2 Å². The Morgan fingerprint density at radius 1 is 1.12 bits per heavy atom. The number of aliphatic hydroxyl groups is 3. The van der Waals surface area contributed by atoms with Crippen LogP contribution in [0.4, 0.5) is 0 Å². The normalized spacial score (nSPS) is 47.7. The molecule has 4 heteroatoms. The van der Waals surface area contributed by atoms with Crippen LogP contribution in [0.15, 0.2) is 12.2 Å². The van der Waals surface area contributed by atoms with E-state index in [1.807, 2.05) is 0 Å². The number of allylic oxidation sites excluding steroid dienone is 1. The lowest BCUT2D eigenvalue weighted by Gasteiger charge is -2.55. The van der Waals surface area contributed by atoms with Crippen molar-refractivity contribution in [1.29, 1.82) is 0 Å². The molecule has 3 fully saturated rings. The third-order valence-corrected chi connectivity index (χ3v) is 8.18. The Bertz CT molecular complexity index is 496. The molecule has 0 aliphatic heterocycles. The number of rotatable bonds is 5. The van der Waals surface area contributed by atoms with E-state index in [1.54, 1.807) is 0 Å². The minimum Gasteiger partial charge on any atom is -0.395 e. The number of nitrogens with one attached hydrogen (secondary N) is 1. The maximum atomic E-state index is 10.9. The van der Waals surface area contributed by atoms with Gasteiger partial charge in [-0.25, -0.2) is 0 Å². The molecule has 4 N–H and O–H groups in total. The molecular weight excluding hydrogens is 314 g/mol. The minimum atomic E-state index is -0.421. The predicted octanol–water partition coefficient (Wildman–Crippen LogP) is 2.48.